The van der Waals surface area contributed by atoms with Crippen molar-refractivity contribution in [3.8, 4) is 17.6 Å². The predicted molar refractivity (Wildman–Crippen MR) is 145 cm³/mol. The first kappa shape index (κ1) is 31.3. The van der Waals surface area contributed by atoms with Crippen LogP contribution in [0.5, 0.6) is 5.75 Å². The Kier molecular flexibility index (Phi) is 12.7. The van der Waals surface area contributed by atoms with Gasteiger partial charge in [-0.05, 0) is 49.6 Å². The molecule has 1 aromatic heterocycles. The molecule has 0 aliphatic heterocycles. The van der Waals surface area contributed by atoms with Crippen LogP contribution in [0, 0.1) is 17.7 Å². The van der Waals surface area contributed by atoms with E-state index < -0.39 is 23.4 Å². The molecule has 0 atom stereocenters. The third-order valence-corrected chi connectivity index (χ3v) is 5.71. The molecule has 10 heteroatoms. The van der Waals surface area contributed by atoms with Crippen LogP contribution in [-0.2, 0) is 20.9 Å². The maximum atomic E-state index is 14.6. The van der Waals surface area contributed by atoms with Gasteiger partial charge in [-0.25, -0.2) is 4.39 Å². The number of pyridine rings is 1. The van der Waals surface area contributed by atoms with E-state index in [2.05, 4.69) is 22.1 Å². The molecule has 3 rings (SSSR count). The topological polar surface area (TPSA) is 106 Å². The van der Waals surface area contributed by atoms with Gasteiger partial charge in [0.1, 0.15) is 22.6 Å². The van der Waals surface area contributed by atoms with Crippen LogP contribution in [0.15, 0.2) is 42.6 Å². The number of aromatic hydroxyl groups is 1. The number of rotatable bonds is 10. The third-order valence-electron chi connectivity index (χ3n) is 5.46. The molecule has 0 aliphatic rings. The third kappa shape index (κ3) is 9.41. The van der Waals surface area contributed by atoms with Gasteiger partial charge >= 0.3 is 35.5 Å². The Labute approximate surface area is 247 Å². The van der Waals surface area contributed by atoms with Gasteiger partial charge in [0, 0.05) is 41.6 Å². The Morgan fingerprint density at radius 3 is 2.53 bits per heavy atom. The van der Waals surface area contributed by atoms with E-state index in [1.807, 2.05) is 0 Å². The fourth-order valence-corrected chi connectivity index (χ4v) is 3.64. The number of fused-ring (bicyclic) bond motifs is 1. The van der Waals surface area contributed by atoms with Crippen LogP contribution in [0.1, 0.15) is 60.5 Å². The van der Waals surface area contributed by atoms with Crippen LogP contribution < -0.4 is 5.32 Å². The van der Waals surface area contributed by atoms with Gasteiger partial charge in [0.05, 0.1) is 0 Å². The quantitative estimate of drug-likeness (QED) is 0.168. The molecule has 0 bridgehead atoms. The van der Waals surface area contributed by atoms with Gasteiger partial charge in [0.25, 0.3) is 5.91 Å². The van der Waals surface area contributed by atoms with Crippen molar-refractivity contribution in [1.82, 2.24) is 10.3 Å². The summed E-state index contributed by atoms with van der Waals surface area (Å²) in [5.41, 5.74) is 0.820. The van der Waals surface area contributed by atoms with E-state index in [1.165, 1.54) is 13.0 Å². The Morgan fingerprint density at radius 2 is 1.82 bits per heavy atom. The van der Waals surface area contributed by atoms with Crippen LogP contribution >= 0.6 is 11.6 Å². The number of nitrogens with zero attached hydrogens (tertiary/aromatic N) is 1. The first-order valence-corrected chi connectivity index (χ1v) is 12.1. The van der Waals surface area contributed by atoms with E-state index in [1.54, 1.807) is 24.3 Å². The van der Waals surface area contributed by atoms with Gasteiger partial charge < -0.3 is 20.0 Å². The van der Waals surface area contributed by atoms with Gasteiger partial charge in [-0.15, -0.1) is 0 Å². The molecule has 0 fully saturated rings. The molecule has 2 N–H and O–H groups in total. The summed E-state index contributed by atoms with van der Waals surface area (Å²) in [6, 6.07) is 9.48. The number of ether oxygens (including phenoxy) is 1. The number of esters is 1. The summed E-state index contributed by atoms with van der Waals surface area (Å²) in [6.45, 7) is 1.56. The van der Waals surface area contributed by atoms with E-state index in [4.69, 9.17) is 16.3 Å². The first-order valence-electron chi connectivity index (χ1n) is 11.7. The number of nitrogens with one attached hydrogen (secondary N) is 1. The van der Waals surface area contributed by atoms with E-state index in [9.17, 15) is 23.9 Å². The van der Waals surface area contributed by atoms with Gasteiger partial charge in [0.2, 0.25) is 0 Å². The van der Waals surface area contributed by atoms with E-state index in [0.29, 0.717) is 17.9 Å². The molecule has 0 aliphatic carbocycles. The normalized spacial score (nSPS) is 10.2. The Bertz CT molecular complexity index is 1370. The molecule has 2 aromatic carbocycles. The average molecular weight is 549 g/mol. The molecular formula is C28H27ClFN2NaO5. The number of hydrogen-bond donors (Lipinski definition) is 2. The van der Waals surface area contributed by atoms with Crippen molar-refractivity contribution < 1.29 is 28.6 Å². The van der Waals surface area contributed by atoms with Crippen LogP contribution in [-0.4, -0.2) is 63.9 Å². The molecule has 1 heterocycles. The van der Waals surface area contributed by atoms with Gasteiger partial charge in [-0.1, -0.05) is 42.0 Å². The van der Waals surface area contributed by atoms with E-state index in [0.717, 1.165) is 30.7 Å². The summed E-state index contributed by atoms with van der Waals surface area (Å²) in [7, 11) is 0. The Morgan fingerprint density at radius 1 is 1.11 bits per heavy atom. The van der Waals surface area contributed by atoms with Crippen molar-refractivity contribution in [1.29, 1.82) is 0 Å². The number of halogens is 2. The molecule has 194 valence electrons. The molecule has 0 radical (unpaired) electrons. The van der Waals surface area contributed by atoms with Crippen molar-refractivity contribution in [2.24, 2.45) is 0 Å². The molecule has 3 aromatic rings. The van der Waals surface area contributed by atoms with Crippen molar-refractivity contribution in [3.63, 3.8) is 0 Å². The van der Waals surface area contributed by atoms with E-state index in [-0.39, 0.29) is 76.9 Å². The standard InChI is InChI=1S/C28H26ClFN2O5.Na.H/c1-18(33)6-3-2-4-8-25(34)37-13-5-7-20-14-22-26(24(30)15-20)31-17-23(27(22)35)28(36)32-16-19-9-11-21(29)12-10-19;;/h9-12,14-15,17H,2-4,6,8,13,16H2,1H3,(H,31,35)(H,32,36);;. The molecule has 38 heavy (non-hydrogen) atoms. The molecule has 0 unspecified atom stereocenters. The second-order valence-electron chi connectivity index (χ2n) is 8.41. The van der Waals surface area contributed by atoms with Gasteiger partial charge in [-0.3, -0.25) is 14.6 Å². The monoisotopic (exact) mass is 548 g/mol. The summed E-state index contributed by atoms with van der Waals surface area (Å²) in [5.74, 6) is 3.35. The number of benzene rings is 2. The van der Waals surface area contributed by atoms with Crippen molar-refractivity contribution in [2.45, 2.75) is 45.6 Å². The minimum absolute atomic E-state index is 0. The van der Waals surface area contributed by atoms with Crippen LogP contribution in [0.25, 0.3) is 10.9 Å². The molecular weight excluding hydrogens is 522 g/mol. The van der Waals surface area contributed by atoms with Crippen LogP contribution in [0.2, 0.25) is 5.02 Å². The number of aromatic nitrogens is 1. The maximum absolute atomic E-state index is 14.6. The second-order valence-corrected chi connectivity index (χ2v) is 8.85. The number of amides is 1. The zero-order chi connectivity index (χ0) is 26.8. The molecule has 7 nitrogen and oxygen atoms in total. The average Bonchev–Trinajstić information content (AvgIpc) is 2.86. The van der Waals surface area contributed by atoms with Gasteiger partial charge in [0.15, 0.2) is 12.4 Å². The number of Topliss-reactive ketones (excluding diaryl/α,β-unsaturated/α-hetero) is 1. The summed E-state index contributed by atoms with van der Waals surface area (Å²) < 4.78 is 19.6. The minimum atomic E-state index is -0.715. The number of hydrogen-bond acceptors (Lipinski definition) is 6. The SMILES string of the molecule is CC(=O)CCCCCC(=O)OCC#Cc1cc(F)c2ncc(C(=O)NCc3ccc(Cl)cc3)c(O)c2c1.[NaH]. The number of unbranched alkanes of at least 4 members (excludes halogenated alkanes) is 2. The fourth-order valence-electron chi connectivity index (χ4n) is 3.51. The summed E-state index contributed by atoms with van der Waals surface area (Å²) in [5, 5.41) is 14.0. The number of carbonyl (C=O) groups is 3. The Hall–Kier alpha value is -2.96. The van der Waals surface area contributed by atoms with Gasteiger partial charge in [-0.2, -0.15) is 0 Å². The summed E-state index contributed by atoms with van der Waals surface area (Å²) in [6.07, 6.45) is 3.97. The summed E-state index contributed by atoms with van der Waals surface area (Å²) >= 11 is 5.86. The van der Waals surface area contributed by atoms with Crippen LogP contribution in [0.4, 0.5) is 4.39 Å². The Balaban J connectivity index is 0.00000507. The van der Waals surface area contributed by atoms with Crippen molar-refractivity contribution in [3.05, 3.63) is 70.1 Å². The number of ketones is 1. The van der Waals surface area contributed by atoms with Crippen LogP contribution in [0.3, 0.4) is 0 Å². The zero-order valence-electron chi connectivity index (χ0n) is 20.3. The molecule has 0 saturated heterocycles. The molecule has 1 amide bonds. The van der Waals surface area contributed by atoms with Crippen molar-refractivity contribution in [2.75, 3.05) is 6.61 Å². The second kappa shape index (κ2) is 15.5. The predicted octanol–water partition coefficient (Wildman–Crippen LogP) is 4.45. The molecule has 0 spiro atoms. The first-order chi connectivity index (χ1) is 17.7. The summed E-state index contributed by atoms with van der Waals surface area (Å²) in [4.78, 5) is 39.3. The van der Waals surface area contributed by atoms with E-state index >= 15 is 0 Å². The molecule has 0 saturated carbocycles. The fraction of sp³-hybridized carbons (Fsp3) is 0.286. The number of carbonyl (C=O) groups excluding carboxylic acids is 3. The van der Waals surface area contributed by atoms with Crippen molar-refractivity contribution >= 4 is 69.7 Å². The zero-order valence-corrected chi connectivity index (χ0v) is 21.0.